The predicted octanol–water partition coefficient (Wildman–Crippen LogP) is 2.29. The van der Waals surface area contributed by atoms with Crippen LogP contribution in [0, 0.1) is 12.7 Å². The molecule has 3 nitrogen and oxygen atoms in total. The highest BCUT2D eigenvalue weighted by molar-refractivity contribution is 5.94. The highest BCUT2D eigenvalue weighted by atomic mass is 19.1. The highest BCUT2D eigenvalue weighted by Gasteiger charge is 2.14. The molecule has 0 aromatic heterocycles. The summed E-state index contributed by atoms with van der Waals surface area (Å²) < 4.78 is 18.8. The second kappa shape index (κ2) is 6.35. The van der Waals surface area contributed by atoms with Crippen molar-refractivity contribution in [3.8, 4) is 0 Å². The highest BCUT2D eigenvalue weighted by Crippen LogP contribution is 2.11. The van der Waals surface area contributed by atoms with Crippen LogP contribution in [-0.2, 0) is 4.74 Å². The van der Waals surface area contributed by atoms with Gasteiger partial charge < -0.3 is 10.1 Å². The maximum atomic E-state index is 13.7. The molecule has 0 saturated heterocycles. The molecule has 1 aromatic carbocycles. The van der Waals surface area contributed by atoms with Gasteiger partial charge in [-0.25, -0.2) is 4.39 Å². The van der Waals surface area contributed by atoms with Crippen molar-refractivity contribution < 1.29 is 13.9 Å². The van der Waals surface area contributed by atoms with Crippen LogP contribution in [0.1, 0.15) is 29.8 Å². The van der Waals surface area contributed by atoms with Gasteiger partial charge in [0.2, 0.25) is 0 Å². The molecule has 1 rings (SSSR count). The summed E-state index contributed by atoms with van der Waals surface area (Å²) in [5.41, 5.74) is 0.545. The van der Waals surface area contributed by atoms with Gasteiger partial charge in [0.25, 0.3) is 5.91 Å². The minimum absolute atomic E-state index is 0.0772. The van der Waals surface area contributed by atoms with E-state index in [-0.39, 0.29) is 11.6 Å². The van der Waals surface area contributed by atoms with Crippen molar-refractivity contribution in [2.45, 2.75) is 26.8 Å². The summed E-state index contributed by atoms with van der Waals surface area (Å²) in [6.07, 6.45) is 0. The van der Waals surface area contributed by atoms with Gasteiger partial charge in [-0.05, 0) is 32.4 Å². The fourth-order valence-corrected chi connectivity index (χ4v) is 1.46. The Hall–Kier alpha value is -1.42. The van der Waals surface area contributed by atoms with Gasteiger partial charge in [0.1, 0.15) is 5.82 Å². The van der Waals surface area contributed by atoms with Crippen LogP contribution in [0.15, 0.2) is 18.2 Å². The van der Waals surface area contributed by atoms with E-state index >= 15 is 0 Å². The van der Waals surface area contributed by atoms with Crippen LogP contribution in [0.5, 0.6) is 0 Å². The normalized spacial score (nSPS) is 12.2. The van der Waals surface area contributed by atoms with E-state index in [1.54, 1.807) is 19.1 Å². The fraction of sp³-hybridized carbons (Fsp3) is 0.462. The molecular weight excluding hydrogens is 221 g/mol. The quantitative estimate of drug-likeness (QED) is 0.856. The second-order valence-corrected chi connectivity index (χ2v) is 3.97. The molecule has 94 valence electrons. The Kier molecular flexibility index (Phi) is 5.10. The summed E-state index contributed by atoms with van der Waals surface area (Å²) in [7, 11) is 0. The predicted molar refractivity (Wildman–Crippen MR) is 64.6 cm³/mol. The molecule has 0 spiro atoms. The van der Waals surface area contributed by atoms with Crippen molar-refractivity contribution in [2.75, 3.05) is 13.2 Å². The average molecular weight is 239 g/mol. The summed E-state index contributed by atoms with van der Waals surface area (Å²) in [4.78, 5) is 11.8. The Morgan fingerprint density at radius 2 is 2.24 bits per heavy atom. The molecule has 0 radical (unpaired) electrons. The molecule has 4 heteroatoms. The van der Waals surface area contributed by atoms with Gasteiger partial charge in [0, 0.05) is 12.6 Å². The Bertz CT molecular complexity index is 393. The number of benzene rings is 1. The maximum absolute atomic E-state index is 13.7. The summed E-state index contributed by atoms with van der Waals surface area (Å²) in [5, 5.41) is 2.70. The molecule has 1 amide bonds. The molecule has 1 aromatic rings. The van der Waals surface area contributed by atoms with Crippen LogP contribution in [0.4, 0.5) is 4.39 Å². The van der Waals surface area contributed by atoms with Crippen LogP contribution in [0.2, 0.25) is 0 Å². The van der Waals surface area contributed by atoms with Gasteiger partial charge in [-0.2, -0.15) is 0 Å². The van der Waals surface area contributed by atoms with Crippen LogP contribution < -0.4 is 5.32 Å². The first-order chi connectivity index (χ1) is 8.06. The van der Waals surface area contributed by atoms with Gasteiger partial charge in [0.05, 0.1) is 12.2 Å². The van der Waals surface area contributed by atoms with E-state index in [0.29, 0.717) is 18.8 Å². The molecule has 0 aliphatic heterocycles. The maximum Gasteiger partial charge on any atom is 0.254 e. The number of hydrogen-bond donors (Lipinski definition) is 1. The zero-order chi connectivity index (χ0) is 12.8. The monoisotopic (exact) mass is 239 g/mol. The number of carbonyl (C=O) groups is 1. The third kappa shape index (κ3) is 3.82. The smallest absolute Gasteiger partial charge is 0.254 e. The van der Waals surface area contributed by atoms with Crippen LogP contribution in [0.3, 0.4) is 0 Å². The lowest BCUT2D eigenvalue weighted by molar-refractivity contribution is 0.0868. The Labute approximate surface area is 101 Å². The van der Waals surface area contributed by atoms with Crippen molar-refractivity contribution in [2.24, 2.45) is 0 Å². The Morgan fingerprint density at radius 1 is 1.53 bits per heavy atom. The number of ether oxygens (including phenoxy) is 1. The first kappa shape index (κ1) is 13.6. The largest absolute Gasteiger partial charge is 0.380 e. The second-order valence-electron chi connectivity index (χ2n) is 3.97. The Balaban J connectivity index is 2.67. The number of nitrogens with one attached hydrogen (secondary N) is 1. The molecular formula is C13H18FNO2. The minimum atomic E-state index is -0.464. The molecule has 0 fully saturated rings. The van der Waals surface area contributed by atoms with Gasteiger partial charge in [-0.15, -0.1) is 0 Å². The summed E-state index contributed by atoms with van der Waals surface area (Å²) >= 11 is 0. The van der Waals surface area contributed by atoms with E-state index in [9.17, 15) is 9.18 Å². The summed E-state index contributed by atoms with van der Waals surface area (Å²) in [6, 6.07) is 4.64. The van der Waals surface area contributed by atoms with Crippen molar-refractivity contribution in [1.29, 1.82) is 0 Å². The van der Waals surface area contributed by atoms with Crippen LogP contribution in [0.25, 0.3) is 0 Å². The Morgan fingerprint density at radius 3 is 2.88 bits per heavy atom. The van der Waals surface area contributed by atoms with E-state index in [4.69, 9.17) is 4.74 Å². The third-order valence-electron chi connectivity index (χ3n) is 2.39. The summed E-state index contributed by atoms with van der Waals surface area (Å²) in [6.45, 7) is 6.36. The lowest BCUT2D eigenvalue weighted by Gasteiger charge is -2.14. The number of hydrogen-bond acceptors (Lipinski definition) is 2. The van der Waals surface area contributed by atoms with Crippen molar-refractivity contribution >= 4 is 5.91 Å². The number of carbonyl (C=O) groups excluding carboxylic acids is 1. The SMILES string of the molecule is CCOCC(C)NC(=O)c1cccc(C)c1F. The minimum Gasteiger partial charge on any atom is -0.380 e. The van der Waals surface area contributed by atoms with E-state index < -0.39 is 11.7 Å². The van der Waals surface area contributed by atoms with Gasteiger partial charge >= 0.3 is 0 Å². The first-order valence-electron chi connectivity index (χ1n) is 5.70. The molecule has 17 heavy (non-hydrogen) atoms. The van der Waals surface area contributed by atoms with E-state index in [1.165, 1.54) is 6.07 Å². The molecule has 1 N–H and O–H groups in total. The zero-order valence-electron chi connectivity index (χ0n) is 10.4. The van der Waals surface area contributed by atoms with E-state index in [1.807, 2.05) is 13.8 Å². The third-order valence-corrected chi connectivity index (χ3v) is 2.39. The number of rotatable bonds is 5. The number of halogens is 1. The van der Waals surface area contributed by atoms with Gasteiger partial charge in [0.15, 0.2) is 0 Å². The topological polar surface area (TPSA) is 38.3 Å². The number of amides is 1. The zero-order valence-corrected chi connectivity index (χ0v) is 10.4. The van der Waals surface area contributed by atoms with E-state index in [2.05, 4.69) is 5.32 Å². The molecule has 0 bridgehead atoms. The molecule has 0 saturated carbocycles. The molecule has 0 heterocycles. The van der Waals surface area contributed by atoms with Crippen LogP contribution in [-0.4, -0.2) is 25.2 Å². The first-order valence-corrected chi connectivity index (χ1v) is 5.70. The van der Waals surface area contributed by atoms with E-state index in [0.717, 1.165) is 0 Å². The number of aryl methyl sites for hydroxylation is 1. The summed E-state index contributed by atoms with van der Waals surface area (Å²) in [5.74, 6) is -0.869. The van der Waals surface area contributed by atoms with Crippen LogP contribution >= 0.6 is 0 Å². The van der Waals surface area contributed by atoms with Crippen molar-refractivity contribution in [1.82, 2.24) is 5.32 Å². The molecule has 1 atom stereocenters. The molecule has 0 aliphatic carbocycles. The van der Waals surface area contributed by atoms with Crippen molar-refractivity contribution in [3.05, 3.63) is 35.1 Å². The fourth-order valence-electron chi connectivity index (χ4n) is 1.46. The average Bonchev–Trinajstić information content (AvgIpc) is 2.29. The standard InChI is InChI=1S/C13H18FNO2/c1-4-17-8-10(3)15-13(16)11-7-5-6-9(2)12(11)14/h5-7,10H,4,8H2,1-3H3,(H,15,16). The van der Waals surface area contributed by atoms with Gasteiger partial charge in [-0.3, -0.25) is 4.79 Å². The lowest BCUT2D eigenvalue weighted by atomic mass is 10.1. The molecule has 1 unspecified atom stereocenters. The van der Waals surface area contributed by atoms with Gasteiger partial charge in [-0.1, -0.05) is 12.1 Å². The molecule has 0 aliphatic rings. The lowest BCUT2D eigenvalue weighted by Crippen LogP contribution is -2.36. The van der Waals surface area contributed by atoms with Crippen molar-refractivity contribution in [3.63, 3.8) is 0 Å².